The van der Waals surface area contributed by atoms with E-state index < -0.39 is 0 Å². The van der Waals surface area contributed by atoms with Crippen molar-refractivity contribution >= 4 is 34.1 Å². The number of nitrogens with zero attached hydrogens (tertiary/aromatic N) is 6. The number of aromatic nitrogens is 6. The molecule has 5 rings (SSSR count). The SMILES string of the molecule is Cc1cc(N)nc(C)c1CNc1cc2c(cnn2Cc2ccc(Cn3cccn3)cc2)c(Cl)n1. The van der Waals surface area contributed by atoms with Crippen LogP contribution in [0.3, 0.4) is 0 Å². The highest BCUT2D eigenvalue weighted by atomic mass is 35.5. The Labute approximate surface area is 202 Å². The lowest BCUT2D eigenvalue weighted by Crippen LogP contribution is -2.08. The van der Waals surface area contributed by atoms with Crippen molar-refractivity contribution in [3.8, 4) is 0 Å². The number of fused-ring (bicyclic) bond motifs is 1. The maximum Gasteiger partial charge on any atom is 0.142 e. The van der Waals surface area contributed by atoms with Crippen LogP contribution in [0.25, 0.3) is 10.9 Å². The van der Waals surface area contributed by atoms with Crippen LogP contribution in [0, 0.1) is 13.8 Å². The van der Waals surface area contributed by atoms with Gasteiger partial charge >= 0.3 is 0 Å². The first-order chi connectivity index (χ1) is 16.5. The summed E-state index contributed by atoms with van der Waals surface area (Å²) in [5.74, 6) is 1.21. The molecule has 5 aromatic rings. The molecule has 0 unspecified atom stereocenters. The second-order valence-electron chi connectivity index (χ2n) is 8.34. The monoisotopic (exact) mass is 472 g/mol. The number of rotatable bonds is 7. The largest absolute Gasteiger partial charge is 0.384 e. The zero-order valence-corrected chi connectivity index (χ0v) is 19.8. The number of pyridine rings is 2. The summed E-state index contributed by atoms with van der Waals surface area (Å²) in [6.45, 7) is 5.94. The number of nitrogen functional groups attached to an aromatic ring is 1. The van der Waals surface area contributed by atoms with E-state index in [-0.39, 0.29) is 0 Å². The molecule has 0 amide bonds. The lowest BCUT2D eigenvalue weighted by Gasteiger charge is -2.12. The molecule has 9 heteroatoms. The van der Waals surface area contributed by atoms with Crippen molar-refractivity contribution < 1.29 is 0 Å². The number of benzene rings is 1. The Morgan fingerprint density at radius 2 is 1.76 bits per heavy atom. The molecule has 0 spiro atoms. The van der Waals surface area contributed by atoms with Crippen LogP contribution < -0.4 is 11.1 Å². The molecule has 0 aliphatic rings. The highest BCUT2D eigenvalue weighted by Gasteiger charge is 2.12. The van der Waals surface area contributed by atoms with E-state index in [0.717, 1.165) is 39.8 Å². The molecule has 34 heavy (non-hydrogen) atoms. The lowest BCUT2D eigenvalue weighted by molar-refractivity contribution is 0.684. The molecule has 0 bridgehead atoms. The zero-order chi connectivity index (χ0) is 23.7. The molecule has 172 valence electrons. The van der Waals surface area contributed by atoms with Crippen LogP contribution in [0.2, 0.25) is 5.15 Å². The number of anilines is 2. The van der Waals surface area contributed by atoms with E-state index >= 15 is 0 Å². The fourth-order valence-corrected chi connectivity index (χ4v) is 4.33. The van der Waals surface area contributed by atoms with Gasteiger partial charge in [0.1, 0.15) is 16.8 Å². The number of nitrogens with two attached hydrogens (primary N) is 1. The summed E-state index contributed by atoms with van der Waals surface area (Å²) >= 11 is 6.49. The van der Waals surface area contributed by atoms with Crippen LogP contribution in [0.5, 0.6) is 0 Å². The molecule has 4 heterocycles. The van der Waals surface area contributed by atoms with E-state index in [9.17, 15) is 0 Å². The second kappa shape index (κ2) is 9.15. The molecule has 1 aromatic carbocycles. The van der Waals surface area contributed by atoms with Gasteiger partial charge in [0.15, 0.2) is 0 Å². The predicted molar refractivity (Wildman–Crippen MR) is 135 cm³/mol. The van der Waals surface area contributed by atoms with Gasteiger partial charge in [-0.2, -0.15) is 10.2 Å². The third kappa shape index (κ3) is 4.58. The molecule has 0 atom stereocenters. The number of aryl methyl sites for hydroxylation is 2. The van der Waals surface area contributed by atoms with Gasteiger partial charge < -0.3 is 11.1 Å². The van der Waals surface area contributed by atoms with Gasteiger partial charge in [-0.15, -0.1) is 0 Å². The topological polar surface area (TPSA) is 99.5 Å². The van der Waals surface area contributed by atoms with Crippen molar-refractivity contribution in [2.75, 3.05) is 11.1 Å². The predicted octanol–water partition coefficient (Wildman–Crippen LogP) is 4.58. The first-order valence-electron chi connectivity index (χ1n) is 11.0. The van der Waals surface area contributed by atoms with Gasteiger partial charge in [0.2, 0.25) is 0 Å². The minimum Gasteiger partial charge on any atom is -0.384 e. The van der Waals surface area contributed by atoms with Gasteiger partial charge in [0.25, 0.3) is 0 Å². The molecular weight excluding hydrogens is 448 g/mol. The molecule has 3 N–H and O–H groups in total. The number of halogens is 1. The first kappa shape index (κ1) is 21.9. The van der Waals surface area contributed by atoms with Crippen LogP contribution in [0.15, 0.2) is 61.1 Å². The Kier molecular flexibility index (Phi) is 5.90. The molecule has 0 fully saturated rings. The molecular formula is C25H25ClN8. The summed E-state index contributed by atoms with van der Waals surface area (Å²) in [5, 5.41) is 13.4. The lowest BCUT2D eigenvalue weighted by atomic mass is 10.1. The average Bonchev–Trinajstić information content (AvgIpc) is 3.45. The van der Waals surface area contributed by atoms with Crippen molar-refractivity contribution in [2.24, 2.45) is 0 Å². The third-order valence-electron chi connectivity index (χ3n) is 5.87. The van der Waals surface area contributed by atoms with E-state index in [0.29, 0.717) is 29.9 Å². The number of nitrogens with one attached hydrogen (secondary N) is 1. The van der Waals surface area contributed by atoms with E-state index in [2.05, 4.69) is 49.7 Å². The van der Waals surface area contributed by atoms with Crippen LogP contribution in [0.4, 0.5) is 11.6 Å². The Bertz CT molecular complexity index is 1420. The van der Waals surface area contributed by atoms with Gasteiger partial charge in [-0.3, -0.25) is 9.36 Å². The second-order valence-corrected chi connectivity index (χ2v) is 8.69. The minimum absolute atomic E-state index is 0.421. The summed E-state index contributed by atoms with van der Waals surface area (Å²) in [5.41, 5.74) is 12.2. The maximum atomic E-state index is 6.49. The van der Waals surface area contributed by atoms with Crippen LogP contribution >= 0.6 is 11.6 Å². The standard InChI is InChI=1S/C25H25ClN8/c1-16-10-23(27)31-17(2)20(16)12-28-24-11-22-21(25(26)32-24)13-30-34(22)15-19-6-4-18(5-7-19)14-33-9-3-8-29-33/h3-11,13H,12,14-15H2,1-2H3,(H2,27,31)(H,28,32). The van der Waals surface area contributed by atoms with Crippen molar-refractivity contribution in [3.05, 3.63) is 94.2 Å². The molecule has 0 saturated heterocycles. The first-order valence-corrected chi connectivity index (χ1v) is 11.4. The summed E-state index contributed by atoms with van der Waals surface area (Å²) in [6, 6.07) is 14.3. The molecule has 0 saturated carbocycles. The van der Waals surface area contributed by atoms with E-state index in [1.54, 1.807) is 12.4 Å². The Morgan fingerprint density at radius 3 is 2.47 bits per heavy atom. The highest BCUT2D eigenvalue weighted by Crippen LogP contribution is 2.26. The zero-order valence-electron chi connectivity index (χ0n) is 19.0. The molecule has 8 nitrogen and oxygen atoms in total. The maximum absolute atomic E-state index is 6.49. The van der Waals surface area contributed by atoms with Gasteiger partial charge in [-0.25, -0.2) is 9.97 Å². The summed E-state index contributed by atoms with van der Waals surface area (Å²) in [7, 11) is 0. The summed E-state index contributed by atoms with van der Waals surface area (Å²) in [6.07, 6.45) is 5.51. The molecule has 0 aliphatic heterocycles. The van der Waals surface area contributed by atoms with Crippen molar-refractivity contribution in [1.29, 1.82) is 0 Å². The minimum atomic E-state index is 0.421. The average molecular weight is 473 g/mol. The van der Waals surface area contributed by atoms with Crippen molar-refractivity contribution in [1.82, 2.24) is 29.5 Å². The Hall–Kier alpha value is -3.91. The smallest absolute Gasteiger partial charge is 0.142 e. The molecule has 0 radical (unpaired) electrons. The van der Waals surface area contributed by atoms with Crippen molar-refractivity contribution in [2.45, 2.75) is 33.5 Å². The number of hydrogen-bond acceptors (Lipinski definition) is 6. The molecule has 4 aromatic heterocycles. The fraction of sp³-hybridized carbons (Fsp3) is 0.200. The van der Waals surface area contributed by atoms with Gasteiger partial charge in [0, 0.05) is 30.7 Å². The van der Waals surface area contributed by atoms with Gasteiger partial charge in [-0.1, -0.05) is 35.9 Å². The van der Waals surface area contributed by atoms with Crippen LogP contribution in [0.1, 0.15) is 27.9 Å². The van der Waals surface area contributed by atoms with Crippen LogP contribution in [-0.4, -0.2) is 29.5 Å². The summed E-state index contributed by atoms with van der Waals surface area (Å²) < 4.78 is 3.85. The van der Waals surface area contributed by atoms with Crippen molar-refractivity contribution in [3.63, 3.8) is 0 Å². The van der Waals surface area contributed by atoms with Gasteiger partial charge in [-0.05, 0) is 48.2 Å². The third-order valence-corrected chi connectivity index (χ3v) is 6.16. The fourth-order valence-electron chi connectivity index (χ4n) is 4.09. The normalized spacial score (nSPS) is 11.3. The van der Waals surface area contributed by atoms with E-state index in [1.807, 2.05) is 47.6 Å². The highest BCUT2D eigenvalue weighted by molar-refractivity contribution is 6.34. The van der Waals surface area contributed by atoms with E-state index in [4.69, 9.17) is 17.3 Å². The Morgan fingerprint density at radius 1 is 1.00 bits per heavy atom. The van der Waals surface area contributed by atoms with E-state index in [1.165, 1.54) is 5.56 Å². The van der Waals surface area contributed by atoms with Gasteiger partial charge in [0.05, 0.1) is 30.2 Å². The molecule has 0 aliphatic carbocycles. The summed E-state index contributed by atoms with van der Waals surface area (Å²) in [4.78, 5) is 8.87. The quantitative estimate of drug-likeness (QED) is 0.336. The Balaban J connectivity index is 1.35. The number of hydrogen-bond donors (Lipinski definition) is 2. The van der Waals surface area contributed by atoms with Crippen LogP contribution in [-0.2, 0) is 19.6 Å².